The average Bonchev–Trinajstić information content (AvgIpc) is 3.32. The molecule has 0 radical (unpaired) electrons. The van der Waals surface area contributed by atoms with Crippen molar-refractivity contribution in [1.82, 2.24) is 4.57 Å². The molecule has 0 aliphatic heterocycles. The lowest BCUT2D eigenvalue weighted by molar-refractivity contribution is 1.18. The minimum absolute atomic E-state index is 1.08. The van der Waals surface area contributed by atoms with E-state index in [0.29, 0.717) is 0 Å². The van der Waals surface area contributed by atoms with Crippen LogP contribution in [0.2, 0.25) is 0 Å². The van der Waals surface area contributed by atoms with Crippen LogP contribution in [0.3, 0.4) is 0 Å². The summed E-state index contributed by atoms with van der Waals surface area (Å²) in [6, 6.07) is 55.7. The maximum absolute atomic E-state index is 3.70. The zero-order valence-corrected chi connectivity index (χ0v) is 25.8. The molecule has 1 nitrogen and oxygen atoms in total. The Morgan fingerprint density at radius 1 is 0.400 bits per heavy atom. The van der Waals surface area contributed by atoms with E-state index in [4.69, 9.17) is 0 Å². The van der Waals surface area contributed by atoms with Gasteiger partial charge in [0.1, 0.15) is 0 Å². The zero-order valence-electron chi connectivity index (χ0n) is 21.6. The highest BCUT2D eigenvalue weighted by Crippen LogP contribution is 2.35. The van der Waals surface area contributed by atoms with Crippen LogP contribution >= 0.6 is 31.9 Å². The molecule has 7 aromatic rings. The third-order valence-corrected chi connectivity index (χ3v) is 13.6. The van der Waals surface area contributed by atoms with Crippen LogP contribution in [0.4, 0.5) is 0 Å². The van der Waals surface area contributed by atoms with Gasteiger partial charge in [0.15, 0.2) is 8.07 Å². The molecule has 6 aromatic carbocycles. The molecule has 4 heteroatoms. The number of hydrogen-bond acceptors (Lipinski definition) is 0. The summed E-state index contributed by atoms with van der Waals surface area (Å²) >= 11 is 7.40. The quantitative estimate of drug-likeness (QED) is 0.132. The van der Waals surface area contributed by atoms with Gasteiger partial charge in [0.2, 0.25) is 0 Å². The van der Waals surface area contributed by atoms with Gasteiger partial charge in [0, 0.05) is 25.4 Å². The van der Waals surface area contributed by atoms with Gasteiger partial charge in [0.25, 0.3) is 0 Å². The number of halogens is 2. The summed E-state index contributed by atoms with van der Waals surface area (Å²) in [6.07, 6.45) is 0. The lowest BCUT2D eigenvalue weighted by Gasteiger charge is -2.34. The molecule has 0 unspecified atom stereocenters. The van der Waals surface area contributed by atoms with E-state index in [9.17, 15) is 0 Å². The van der Waals surface area contributed by atoms with Gasteiger partial charge in [-0.25, -0.2) is 0 Å². The van der Waals surface area contributed by atoms with Crippen molar-refractivity contribution in [2.75, 3.05) is 0 Å². The minimum Gasteiger partial charge on any atom is -0.309 e. The summed E-state index contributed by atoms with van der Waals surface area (Å²) in [5.41, 5.74) is 3.56. The first-order valence-electron chi connectivity index (χ1n) is 13.3. The molecular weight excluding hydrogens is 634 g/mol. The first kappa shape index (κ1) is 25.3. The molecule has 0 saturated heterocycles. The molecule has 0 spiro atoms. The van der Waals surface area contributed by atoms with Gasteiger partial charge in [-0.3, -0.25) is 0 Å². The molecule has 0 aliphatic rings. The van der Waals surface area contributed by atoms with Crippen LogP contribution in [0, 0.1) is 0 Å². The smallest absolute Gasteiger partial charge is 0.179 e. The first-order valence-corrected chi connectivity index (χ1v) is 16.9. The van der Waals surface area contributed by atoms with E-state index in [1.54, 1.807) is 0 Å². The van der Waals surface area contributed by atoms with E-state index in [-0.39, 0.29) is 0 Å². The van der Waals surface area contributed by atoms with E-state index in [1.807, 2.05) is 0 Å². The number of rotatable bonds is 5. The Bertz CT molecular complexity index is 1810. The molecule has 0 amide bonds. The van der Waals surface area contributed by atoms with Crippen LogP contribution in [0.1, 0.15) is 0 Å². The van der Waals surface area contributed by atoms with Crippen LogP contribution in [-0.2, 0) is 0 Å². The maximum Gasteiger partial charge on any atom is 0.179 e. The molecule has 0 saturated carbocycles. The highest BCUT2D eigenvalue weighted by molar-refractivity contribution is 9.10. The standard InChI is InChI=1S/C36H25Br2NSi/c37-26-19-21-35-33(23-26)34-24-27(38)20-22-36(34)39(35)28-11-10-18-32(25-28)40(29-12-4-1-5-13-29,30-14-6-2-7-15-30)31-16-8-3-9-17-31/h1-25H. The van der Waals surface area contributed by atoms with Crippen molar-refractivity contribution in [3.05, 3.63) is 161 Å². The van der Waals surface area contributed by atoms with Crippen molar-refractivity contribution >= 4 is 82.5 Å². The van der Waals surface area contributed by atoms with Crippen molar-refractivity contribution in [2.45, 2.75) is 0 Å². The second kappa shape index (κ2) is 10.4. The van der Waals surface area contributed by atoms with Crippen molar-refractivity contribution < 1.29 is 0 Å². The van der Waals surface area contributed by atoms with E-state index in [2.05, 4.69) is 188 Å². The van der Waals surface area contributed by atoms with Gasteiger partial charge in [-0.15, -0.1) is 0 Å². The molecule has 0 fully saturated rings. The predicted molar refractivity (Wildman–Crippen MR) is 180 cm³/mol. The van der Waals surface area contributed by atoms with Gasteiger partial charge < -0.3 is 4.57 Å². The number of hydrogen-bond donors (Lipinski definition) is 0. The zero-order chi connectivity index (χ0) is 27.1. The monoisotopic (exact) mass is 657 g/mol. The van der Waals surface area contributed by atoms with Crippen molar-refractivity contribution in [3.63, 3.8) is 0 Å². The van der Waals surface area contributed by atoms with Crippen molar-refractivity contribution in [2.24, 2.45) is 0 Å². The molecule has 1 aromatic heterocycles. The van der Waals surface area contributed by atoms with Crippen LogP contribution in [0.15, 0.2) is 161 Å². The molecule has 0 aliphatic carbocycles. The summed E-state index contributed by atoms with van der Waals surface area (Å²) < 4.78 is 4.57. The minimum atomic E-state index is -2.63. The number of aromatic nitrogens is 1. The van der Waals surface area contributed by atoms with E-state index >= 15 is 0 Å². The summed E-state index contributed by atoms with van der Waals surface area (Å²) in [4.78, 5) is 0. The van der Waals surface area contributed by atoms with E-state index < -0.39 is 8.07 Å². The lowest BCUT2D eigenvalue weighted by atomic mass is 10.2. The van der Waals surface area contributed by atoms with Crippen LogP contribution in [0.5, 0.6) is 0 Å². The predicted octanol–water partition coefficient (Wildman–Crippen LogP) is 7.69. The summed E-state index contributed by atoms with van der Waals surface area (Å²) in [5, 5.41) is 7.94. The molecule has 0 bridgehead atoms. The number of fused-ring (bicyclic) bond motifs is 3. The van der Waals surface area contributed by atoms with Gasteiger partial charge in [-0.1, -0.05) is 135 Å². The Balaban J connectivity index is 1.57. The van der Waals surface area contributed by atoms with Crippen LogP contribution in [0.25, 0.3) is 27.5 Å². The SMILES string of the molecule is Brc1ccc2c(c1)c1cc(Br)ccc1n2-c1cccc([Si](c2ccccc2)(c2ccccc2)c2ccccc2)c1. The third kappa shape index (κ3) is 4.10. The molecule has 0 atom stereocenters. The average molecular weight is 659 g/mol. The van der Waals surface area contributed by atoms with E-state index in [1.165, 1.54) is 48.2 Å². The summed E-state index contributed by atoms with van der Waals surface area (Å²) in [7, 11) is -2.63. The van der Waals surface area contributed by atoms with E-state index in [0.717, 1.165) is 8.95 Å². The largest absolute Gasteiger partial charge is 0.309 e. The second-order valence-corrected chi connectivity index (χ2v) is 15.7. The van der Waals surface area contributed by atoms with Crippen LogP contribution in [-0.4, -0.2) is 12.6 Å². The Labute approximate surface area is 252 Å². The normalized spacial score (nSPS) is 11.8. The maximum atomic E-state index is 3.70. The molecule has 40 heavy (non-hydrogen) atoms. The fourth-order valence-corrected chi connectivity index (χ4v) is 11.7. The van der Waals surface area contributed by atoms with Gasteiger partial charge in [0.05, 0.1) is 11.0 Å². The van der Waals surface area contributed by atoms with Crippen molar-refractivity contribution in [3.8, 4) is 5.69 Å². The molecule has 0 N–H and O–H groups in total. The highest BCUT2D eigenvalue weighted by Gasteiger charge is 2.41. The Kier molecular flexibility index (Phi) is 6.55. The molecular formula is C36H25Br2NSi. The molecule has 7 rings (SSSR count). The lowest BCUT2D eigenvalue weighted by Crippen LogP contribution is -2.74. The van der Waals surface area contributed by atoms with Crippen molar-refractivity contribution in [1.29, 1.82) is 0 Å². The topological polar surface area (TPSA) is 4.93 Å². The first-order chi connectivity index (χ1) is 19.7. The number of benzene rings is 6. The second-order valence-electron chi connectivity index (χ2n) is 10.1. The van der Waals surface area contributed by atoms with Crippen LogP contribution < -0.4 is 20.7 Å². The number of nitrogens with zero attached hydrogens (tertiary/aromatic N) is 1. The fraction of sp³-hybridized carbons (Fsp3) is 0. The molecule has 1 heterocycles. The highest BCUT2D eigenvalue weighted by atomic mass is 79.9. The van der Waals surface area contributed by atoms with Gasteiger partial charge in [-0.2, -0.15) is 0 Å². The fourth-order valence-electron chi connectivity index (χ4n) is 6.19. The Hall–Kier alpha value is -3.70. The molecule has 192 valence electrons. The van der Waals surface area contributed by atoms with Gasteiger partial charge in [-0.05, 0) is 69.3 Å². The van der Waals surface area contributed by atoms with Gasteiger partial charge >= 0.3 is 0 Å². The Morgan fingerprint density at radius 2 is 0.825 bits per heavy atom. The summed E-state index contributed by atoms with van der Waals surface area (Å²) in [5.74, 6) is 0. The Morgan fingerprint density at radius 3 is 1.27 bits per heavy atom. The summed E-state index contributed by atoms with van der Waals surface area (Å²) in [6.45, 7) is 0. The third-order valence-electron chi connectivity index (χ3n) is 7.85.